The van der Waals surface area contributed by atoms with Crippen LogP contribution in [0.15, 0.2) is 17.1 Å². The molecule has 2 aliphatic heterocycles. The van der Waals surface area contributed by atoms with Crippen molar-refractivity contribution in [2.24, 2.45) is 13.0 Å². The van der Waals surface area contributed by atoms with Crippen LogP contribution in [0.3, 0.4) is 0 Å². The van der Waals surface area contributed by atoms with Crippen molar-refractivity contribution < 1.29 is 4.79 Å². The number of aromatic nitrogens is 4. The zero-order chi connectivity index (χ0) is 22.1. The maximum Gasteiger partial charge on any atom is 0.272 e. The summed E-state index contributed by atoms with van der Waals surface area (Å²) in [6.07, 6.45) is 11.9. The van der Waals surface area contributed by atoms with E-state index in [0.29, 0.717) is 24.6 Å². The fraction of sp³-hybridized carbons (Fsp3) is 0.667. The highest BCUT2D eigenvalue weighted by Gasteiger charge is 2.33. The van der Waals surface area contributed by atoms with Gasteiger partial charge in [-0.2, -0.15) is 5.10 Å². The number of likely N-dealkylation sites (tertiary alicyclic amines) is 1. The number of amides is 1. The molecule has 8 heteroatoms. The van der Waals surface area contributed by atoms with Gasteiger partial charge in [0.15, 0.2) is 0 Å². The molecule has 1 amide bonds. The Morgan fingerprint density at radius 1 is 1.12 bits per heavy atom. The minimum atomic E-state index is -0.190. The van der Waals surface area contributed by atoms with Crippen LogP contribution in [-0.2, 0) is 20.0 Å². The summed E-state index contributed by atoms with van der Waals surface area (Å²) < 4.78 is 1.61. The van der Waals surface area contributed by atoms with E-state index in [2.05, 4.69) is 15.0 Å². The Morgan fingerprint density at radius 3 is 2.72 bits per heavy atom. The zero-order valence-corrected chi connectivity index (χ0v) is 19.1. The van der Waals surface area contributed by atoms with Gasteiger partial charge < -0.3 is 9.88 Å². The van der Waals surface area contributed by atoms with Gasteiger partial charge in [-0.25, -0.2) is 4.98 Å². The van der Waals surface area contributed by atoms with Crippen LogP contribution in [0.25, 0.3) is 0 Å². The van der Waals surface area contributed by atoms with Crippen molar-refractivity contribution in [1.29, 1.82) is 0 Å². The Morgan fingerprint density at radius 2 is 1.94 bits per heavy atom. The van der Waals surface area contributed by atoms with E-state index in [9.17, 15) is 9.59 Å². The van der Waals surface area contributed by atoms with Gasteiger partial charge in [-0.05, 0) is 44.1 Å². The molecule has 8 nitrogen and oxygen atoms in total. The number of aryl methyl sites for hydroxylation is 1. The lowest BCUT2D eigenvalue weighted by Gasteiger charge is -2.36. The standard InChI is InChI=1S/C24H34N6O2/c1-28-21(10-12-25-28)24(32)30-13-6-5-9-20(30)22-26-19-11-14-29(16-18(19)23(31)27-22)15-17-7-3-2-4-8-17/h10,12,17,20H,2-9,11,13-16H2,1H3,(H,26,27,31)/t20-/m0/s1. The minimum absolute atomic E-state index is 0.0307. The first-order valence-electron chi connectivity index (χ1n) is 12.2. The SMILES string of the molecule is Cn1nccc1C(=O)N1CCCC[C@H]1c1nc2c(c(=O)[nH]1)CN(CC1CCCCC1)CC2. The molecule has 1 aliphatic carbocycles. The number of fused-ring (bicyclic) bond motifs is 1. The third kappa shape index (κ3) is 4.25. The summed E-state index contributed by atoms with van der Waals surface area (Å²) in [6.45, 7) is 3.42. The molecule has 1 saturated heterocycles. The van der Waals surface area contributed by atoms with Crippen molar-refractivity contribution >= 4 is 5.91 Å². The van der Waals surface area contributed by atoms with Crippen molar-refractivity contribution in [3.8, 4) is 0 Å². The molecule has 1 saturated carbocycles. The largest absolute Gasteiger partial charge is 0.327 e. The predicted molar refractivity (Wildman–Crippen MR) is 121 cm³/mol. The first-order valence-corrected chi connectivity index (χ1v) is 12.2. The minimum Gasteiger partial charge on any atom is -0.327 e. The second kappa shape index (κ2) is 9.17. The average molecular weight is 439 g/mol. The summed E-state index contributed by atoms with van der Waals surface area (Å²) in [5.74, 6) is 1.36. The highest BCUT2D eigenvalue weighted by Crippen LogP contribution is 2.31. The molecular formula is C24H34N6O2. The van der Waals surface area contributed by atoms with E-state index in [1.807, 2.05) is 4.90 Å². The second-order valence-electron chi connectivity index (χ2n) is 9.72. The van der Waals surface area contributed by atoms with Crippen molar-refractivity contribution in [3.63, 3.8) is 0 Å². The van der Waals surface area contributed by atoms with Gasteiger partial charge in [0.2, 0.25) is 0 Å². The molecule has 4 heterocycles. The lowest BCUT2D eigenvalue weighted by molar-refractivity contribution is 0.0587. The van der Waals surface area contributed by atoms with Gasteiger partial charge in [0.05, 0.1) is 17.3 Å². The maximum atomic E-state index is 13.2. The summed E-state index contributed by atoms with van der Waals surface area (Å²) in [5, 5.41) is 4.14. The average Bonchev–Trinajstić information content (AvgIpc) is 3.25. The molecule has 0 unspecified atom stereocenters. The van der Waals surface area contributed by atoms with Crippen LogP contribution in [0.5, 0.6) is 0 Å². The molecule has 0 aromatic carbocycles. The molecule has 2 fully saturated rings. The molecule has 5 rings (SSSR count). The number of nitrogens with one attached hydrogen (secondary N) is 1. The van der Waals surface area contributed by atoms with Crippen molar-refractivity contribution in [2.75, 3.05) is 19.6 Å². The molecule has 1 N–H and O–H groups in total. The fourth-order valence-electron chi connectivity index (χ4n) is 5.74. The van der Waals surface area contributed by atoms with Crippen LogP contribution in [0.1, 0.15) is 85.0 Å². The van der Waals surface area contributed by atoms with E-state index in [1.165, 1.54) is 32.1 Å². The summed E-state index contributed by atoms with van der Waals surface area (Å²) in [7, 11) is 1.78. The normalized spacial score (nSPS) is 22.7. The number of carbonyl (C=O) groups is 1. The zero-order valence-electron chi connectivity index (χ0n) is 19.1. The lowest BCUT2D eigenvalue weighted by Crippen LogP contribution is -2.42. The van der Waals surface area contributed by atoms with Gasteiger partial charge in [-0.1, -0.05) is 19.3 Å². The number of piperidine rings is 1. The summed E-state index contributed by atoms with van der Waals surface area (Å²) in [6, 6.07) is 1.56. The number of rotatable bonds is 4. The molecule has 2 aromatic rings. The Kier molecular flexibility index (Phi) is 6.13. The fourth-order valence-corrected chi connectivity index (χ4v) is 5.74. The van der Waals surface area contributed by atoms with Crippen molar-refractivity contribution in [3.05, 3.63) is 45.4 Å². The lowest BCUT2D eigenvalue weighted by atomic mass is 9.88. The monoisotopic (exact) mass is 438 g/mol. The van der Waals surface area contributed by atoms with E-state index in [4.69, 9.17) is 4.98 Å². The third-order valence-electron chi connectivity index (χ3n) is 7.53. The van der Waals surface area contributed by atoms with Crippen LogP contribution in [0.2, 0.25) is 0 Å². The number of carbonyl (C=O) groups excluding carboxylic acids is 1. The number of aromatic amines is 1. The summed E-state index contributed by atoms with van der Waals surface area (Å²) >= 11 is 0. The topological polar surface area (TPSA) is 87.1 Å². The molecule has 172 valence electrons. The van der Waals surface area contributed by atoms with Crippen LogP contribution in [-0.4, -0.2) is 55.1 Å². The van der Waals surface area contributed by atoms with Gasteiger partial charge in [0.25, 0.3) is 11.5 Å². The van der Waals surface area contributed by atoms with Gasteiger partial charge in [0.1, 0.15) is 11.5 Å². The Hall–Kier alpha value is -2.48. The van der Waals surface area contributed by atoms with Crippen molar-refractivity contribution in [2.45, 2.75) is 70.4 Å². The van der Waals surface area contributed by atoms with Gasteiger partial charge in [-0.15, -0.1) is 0 Å². The van der Waals surface area contributed by atoms with Crippen molar-refractivity contribution in [1.82, 2.24) is 29.5 Å². The van der Waals surface area contributed by atoms with E-state index >= 15 is 0 Å². The smallest absolute Gasteiger partial charge is 0.272 e. The predicted octanol–water partition coefficient (Wildman–Crippen LogP) is 2.81. The van der Waals surface area contributed by atoms with Gasteiger partial charge >= 0.3 is 0 Å². The Balaban J connectivity index is 1.35. The van der Waals surface area contributed by atoms with Crippen LogP contribution >= 0.6 is 0 Å². The van der Waals surface area contributed by atoms with Crippen LogP contribution < -0.4 is 5.56 Å². The summed E-state index contributed by atoms with van der Waals surface area (Å²) in [5.41, 5.74) is 2.27. The van der Waals surface area contributed by atoms with E-state index in [1.54, 1.807) is 24.0 Å². The maximum absolute atomic E-state index is 13.2. The number of nitrogens with zero attached hydrogens (tertiary/aromatic N) is 5. The molecule has 1 atom stereocenters. The van der Waals surface area contributed by atoms with E-state index in [0.717, 1.165) is 55.9 Å². The first kappa shape index (κ1) is 21.4. The molecule has 0 bridgehead atoms. The Labute approximate surface area is 189 Å². The highest BCUT2D eigenvalue weighted by molar-refractivity contribution is 5.92. The number of hydrogen-bond donors (Lipinski definition) is 1. The van der Waals surface area contributed by atoms with Crippen LogP contribution in [0.4, 0.5) is 0 Å². The number of hydrogen-bond acceptors (Lipinski definition) is 5. The summed E-state index contributed by atoms with van der Waals surface area (Å²) in [4.78, 5) is 38.6. The molecule has 32 heavy (non-hydrogen) atoms. The second-order valence-corrected chi connectivity index (χ2v) is 9.72. The highest BCUT2D eigenvalue weighted by atomic mass is 16.2. The van der Waals surface area contributed by atoms with Crippen LogP contribution in [0, 0.1) is 5.92 Å². The molecule has 0 spiro atoms. The third-order valence-corrected chi connectivity index (χ3v) is 7.53. The molecule has 2 aromatic heterocycles. The Bertz CT molecular complexity index is 1020. The number of H-pyrrole nitrogens is 1. The molecule has 0 radical (unpaired) electrons. The van der Waals surface area contributed by atoms with E-state index in [-0.39, 0.29) is 17.5 Å². The first-order chi connectivity index (χ1) is 15.6. The quantitative estimate of drug-likeness (QED) is 0.793. The van der Waals surface area contributed by atoms with Gasteiger partial charge in [0, 0.05) is 45.8 Å². The van der Waals surface area contributed by atoms with Gasteiger partial charge in [-0.3, -0.25) is 19.2 Å². The molecular weight excluding hydrogens is 404 g/mol. The molecule has 3 aliphatic rings. The van der Waals surface area contributed by atoms with E-state index < -0.39 is 0 Å².